The fourth-order valence-electron chi connectivity index (χ4n) is 1.68. The molecule has 8 heteroatoms. The molecule has 5 nitrogen and oxygen atoms in total. The van der Waals surface area contributed by atoms with Crippen LogP contribution in [-0.2, 0) is 25.4 Å². The average molecular weight is 345 g/mol. The van der Waals surface area contributed by atoms with Gasteiger partial charge in [-0.2, -0.15) is 0 Å². The molecule has 2 rings (SSSR count). The van der Waals surface area contributed by atoms with Crippen molar-refractivity contribution < 1.29 is 16.8 Å². The third kappa shape index (κ3) is 4.12. The summed E-state index contributed by atoms with van der Waals surface area (Å²) in [6.07, 6.45) is 1.15. The van der Waals surface area contributed by atoms with Gasteiger partial charge in [0, 0.05) is 23.0 Å². The second-order valence-corrected chi connectivity index (χ2v) is 9.84. The number of aromatic nitrogens is 1. The lowest BCUT2D eigenvalue weighted by molar-refractivity contribution is 0.595. The first kappa shape index (κ1) is 16.1. The Hall–Kier alpha value is -1.25. The van der Waals surface area contributed by atoms with Crippen LogP contribution in [-0.4, -0.2) is 33.8 Å². The lowest BCUT2D eigenvalue weighted by Gasteiger charge is -2.00. The van der Waals surface area contributed by atoms with Gasteiger partial charge in [-0.3, -0.25) is 0 Å². The zero-order chi connectivity index (χ0) is 15.7. The topological polar surface area (TPSA) is 81.2 Å². The van der Waals surface area contributed by atoms with Crippen LogP contribution in [0.4, 0.5) is 0 Å². The van der Waals surface area contributed by atoms with Gasteiger partial charge >= 0.3 is 0 Å². The summed E-state index contributed by atoms with van der Waals surface area (Å²) in [4.78, 5) is 4.54. The highest BCUT2D eigenvalue weighted by Crippen LogP contribution is 2.25. The van der Waals surface area contributed by atoms with Crippen LogP contribution in [0.15, 0.2) is 34.5 Å². The molecule has 1 heterocycles. The van der Waals surface area contributed by atoms with Gasteiger partial charge in [0.1, 0.15) is 5.01 Å². The fraction of sp³-hybridized carbons (Fsp3) is 0.308. The minimum absolute atomic E-state index is 0.0680. The van der Waals surface area contributed by atoms with E-state index in [0.717, 1.165) is 11.8 Å². The molecule has 114 valence electrons. The van der Waals surface area contributed by atoms with Crippen molar-refractivity contribution in [2.45, 2.75) is 17.6 Å². The Bertz CT molecular complexity index is 834. The minimum atomic E-state index is -3.22. The Kier molecular flexibility index (Phi) is 4.50. The molecular weight excluding hydrogens is 330 g/mol. The van der Waals surface area contributed by atoms with E-state index in [9.17, 15) is 16.8 Å². The molecule has 0 atom stereocenters. The molecule has 0 aliphatic carbocycles. The zero-order valence-electron chi connectivity index (χ0n) is 11.6. The van der Waals surface area contributed by atoms with Gasteiger partial charge in [-0.25, -0.2) is 21.8 Å². The summed E-state index contributed by atoms with van der Waals surface area (Å²) in [5, 5.41) is 2.39. The fourth-order valence-corrected chi connectivity index (χ4v) is 4.04. The van der Waals surface area contributed by atoms with Crippen LogP contribution in [0, 0.1) is 0 Å². The van der Waals surface area contributed by atoms with Gasteiger partial charge in [0.2, 0.25) is 0 Å². The zero-order valence-corrected chi connectivity index (χ0v) is 14.1. The summed E-state index contributed by atoms with van der Waals surface area (Å²) >= 11 is 1.34. The van der Waals surface area contributed by atoms with E-state index in [0.29, 0.717) is 10.7 Å². The van der Waals surface area contributed by atoms with Gasteiger partial charge in [0.05, 0.1) is 16.3 Å². The van der Waals surface area contributed by atoms with Crippen molar-refractivity contribution in [1.82, 2.24) is 4.98 Å². The molecule has 0 aliphatic heterocycles. The van der Waals surface area contributed by atoms with E-state index in [2.05, 4.69) is 4.98 Å². The Balaban J connectivity index is 2.26. The highest BCUT2D eigenvalue weighted by Gasteiger charge is 2.13. The highest BCUT2D eigenvalue weighted by molar-refractivity contribution is 7.90. The van der Waals surface area contributed by atoms with E-state index in [1.54, 1.807) is 24.4 Å². The molecule has 2 aromatic rings. The lowest BCUT2D eigenvalue weighted by atomic mass is 10.2. The number of nitrogens with zero attached hydrogens (tertiary/aromatic N) is 1. The summed E-state index contributed by atoms with van der Waals surface area (Å²) in [6.45, 7) is 1.60. The minimum Gasteiger partial charge on any atom is -0.240 e. The van der Waals surface area contributed by atoms with Crippen molar-refractivity contribution in [3.8, 4) is 10.6 Å². The molecule has 0 unspecified atom stereocenters. The third-order valence-corrected chi connectivity index (χ3v) is 6.57. The van der Waals surface area contributed by atoms with E-state index in [1.165, 1.54) is 23.5 Å². The van der Waals surface area contributed by atoms with Crippen LogP contribution < -0.4 is 0 Å². The number of thiazole rings is 1. The Morgan fingerprint density at radius 1 is 1.10 bits per heavy atom. The van der Waals surface area contributed by atoms with Crippen LogP contribution in [0.2, 0.25) is 0 Å². The van der Waals surface area contributed by atoms with Crippen LogP contribution >= 0.6 is 11.3 Å². The maximum Gasteiger partial charge on any atom is 0.175 e. The van der Waals surface area contributed by atoms with E-state index in [1.807, 2.05) is 0 Å². The summed E-state index contributed by atoms with van der Waals surface area (Å²) in [7, 11) is -6.32. The van der Waals surface area contributed by atoms with Crippen molar-refractivity contribution in [3.63, 3.8) is 0 Å². The molecule has 0 aliphatic rings. The largest absolute Gasteiger partial charge is 0.240 e. The highest BCUT2D eigenvalue weighted by atomic mass is 32.2. The van der Waals surface area contributed by atoms with Crippen LogP contribution in [0.5, 0.6) is 0 Å². The molecule has 1 aromatic carbocycles. The third-order valence-electron chi connectivity index (χ3n) is 2.89. The van der Waals surface area contributed by atoms with E-state index in [-0.39, 0.29) is 16.4 Å². The number of benzene rings is 1. The first-order chi connectivity index (χ1) is 9.71. The molecule has 0 N–H and O–H groups in total. The summed E-state index contributed by atoms with van der Waals surface area (Å²) < 4.78 is 45.9. The maximum atomic E-state index is 11.6. The summed E-state index contributed by atoms with van der Waals surface area (Å²) in [5.74, 6) is 0.0182. The molecule has 0 fully saturated rings. The van der Waals surface area contributed by atoms with Crippen LogP contribution in [0.3, 0.4) is 0 Å². The van der Waals surface area contributed by atoms with E-state index >= 15 is 0 Å². The predicted molar refractivity (Wildman–Crippen MR) is 83.8 cm³/mol. The lowest BCUT2D eigenvalue weighted by Crippen LogP contribution is -2.06. The molecule has 1 aromatic heterocycles. The summed E-state index contributed by atoms with van der Waals surface area (Å²) in [5.41, 5.74) is 1.29. The second kappa shape index (κ2) is 5.86. The van der Waals surface area contributed by atoms with Crippen molar-refractivity contribution in [3.05, 3.63) is 35.3 Å². The van der Waals surface area contributed by atoms with Gasteiger partial charge in [0.25, 0.3) is 0 Å². The first-order valence-electron chi connectivity index (χ1n) is 6.16. The number of hydrogen-bond acceptors (Lipinski definition) is 6. The Labute approximate surface area is 128 Å². The number of sulfone groups is 2. The van der Waals surface area contributed by atoms with E-state index in [4.69, 9.17) is 0 Å². The van der Waals surface area contributed by atoms with Crippen LogP contribution in [0.1, 0.15) is 12.6 Å². The van der Waals surface area contributed by atoms with Gasteiger partial charge in [-0.15, -0.1) is 11.3 Å². The predicted octanol–water partition coefficient (Wildman–Crippen LogP) is 2.15. The van der Waals surface area contributed by atoms with Gasteiger partial charge < -0.3 is 0 Å². The van der Waals surface area contributed by atoms with Crippen molar-refractivity contribution in [2.24, 2.45) is 0 Å². The van der Waals surface area contributed by atoms with Gasteiger partial charge in [-0.1, -0.05) is 19.1 Å². The second-order valence-electron chi connectivity index (χ2n) is 4.62. The molecular formula is C13H15NO4S3. The molecule has 0 amide bonds. The quantitative estimate of drug-likeness (QED) is 0.829. The smallest absolute Gasteiger partial charge is 0.175 e. The average Bonchev–Trinajstić information content (AvgIpc) is 2.86. The maximum absolute atomic E-state index is 11.6. The Morgan fingerprint density at radius 2 is 1.71 bits per heavy atom. The van der Waals surface area contributed by atoms with E-state index < -0.39 is 19.7 Å². The molecule has 0 saturated heterocycles. The van der Waals surface area contributed by atoms with Crippen LogP contribution in [0.25, 0.3) is 10.6 Å². The van der Waals surface area contributed by atoms with Crippen molar-refractivity contribution in [1.29, 1.82) is 0 Å². The standard InChI is InChI=1S/C13H15NO4S3/c1-3-21(17,18)9-11-8-19-13(14-11)10-4-6-12(7-5-10)20(2,15)16/h4-8H,3,9H2,1-2H3. The van der Waals surface area contributed by atoms with Crippen molar-refractivity contribution in [2.75, 3.05) is 12.0 Å². The number of rotatable bonds is 5. The van der Waals surface area contributed by atoms with Crippen molar-refractivity contribution >= 4 is 31.0 Å². The molecule has 0 spiro atoms. The molecule has 0 bridgehead atoms. The Morgan fingerprint density at radius 3 is 2.24 bits per heavy atom. The molecule has 21 heavy (non-hydrogen) atoms. The monoisotopic (exact) mass is 345 g/mol. The molecule has 0 saturated carbocycles. The first-order valence-corrected chi connectivity index (χ1v) is 10.8. The summed E-state index contributed by atoms with van der Waals surface area (Å²) in [6, 6.07) is 6.39. The molecule has 0 radical (unpaired) electrons. The normalized spacial score (nSPS) is 12.5. The SMILES string of the molecule is CCS(=O)(=O)Cc1csc(-c2ccc(S(C)(=O)=O)cc2)n1. The number of hydrogen-bond donors (Lipinski definition) is 0. The van der Waals surface area contributed by atoms with Gasteiger partial charge in [-0.05, 0) is 12.1 Å². The van der Waals surface area contributed by atoms with Gasteiger partial charge in [0.15, 0.2) is 19.7 Å².